The number of aliphatic hydroxyl groups is 1. The van der Waals surface area contributed by atoms with E-state index < -0.39 is 11.7 Å². The lowest BCUT2D eigenvalue weighted by Gasteiger charge is -2.33. The van der Waals surface area contributed by atoms with Crippen molar-refractivity contribution < 1.29 is 14.2 Å². The summed E-state index contributed by atoms with van der Waals surface area (Å²) in [4.78, 5) is 0. The Morgan fingerprint density at radius 1 is 1.39 bits per heavy atom. The summed E-state index contributed by atoms with van der Waals surface area (Å²) in [5.74, 6) is -0.259. The van der Waals surface area contributed by atoms with Crippen LogP contribution in [-0.2, 0) is 11.2 Å². The van der Waals surface area contributed by atoms with Crippen LogP contribution in [0, 0.1) is 5.82 Å². The highest BCUT2D eigenvalue weighted by atomic mass is 19.1. The van der Waals surface area contributed by atoms with Gasteiger partial charge in [-0.1, -0.05) is 18.2 Å². The summed E-state index contributed by atoms with van der Waals surface area (Å²) in [6, 6.07) is 6.58. The number of hydrogen-bond donors (Lipinski definition) is 2. The Labute approximate surface area is 108 Å². The largest absolute Gasteiger partial charge is 0.391 e. The number of hydrogen-bond acceptors (Lipinski definition) is 3. The van der Waals surface area contributed by atoms with E-state index >= 15 is 0 Å². The first-order chi connectivity index (χ1) is 8.38. The minimum Gasteiger partial charge on any atom is -0.391 e. The molecule has 3 nitrogen and oxygen atoms in total. The van der Waals surface area contributed by atoms with Crippen molar-refractivity contribution in [1.82, 2.24) is 0 Å². The second kappa shape index (κ2) is 6.27. The molecule has 0 aliphatic heterocycles. The molecule has 3 N–H and O–H groups in total. The zero-order chi connectivity index (χ0) is 13.8. The number of ether oxygens (including phenoxy) is 1. The number of nitrogens with two attached hydrogens (primary N) is 1. The molecular formula is C14H22FNO2. The SMILES string of the molecule is CC(O)C(C)OC(C)(CN)Cc1ccccc1F. The standard InChI is InChI=1S/C14H22FNO2/c1-10(17)11(2)18-14(3,9-16)8-12-6-4-5-7-13(12)15/h4-7,10-11,17H,8-9,16H2,1-3H3. The van der Waals surface area contributed by atoms with E-state index in [2.05, 4.69) is 0 Å². The number of aliphatic hydroxyl groups excluding tert-OH is 1. The molecule has 18 heavy (non-hydrogen) atoms. The summed E-state index contributed by atoms with van der Waals surface area (Å²) >= 11 is 0. The Kier molecular flexibility index (Phi) is 5.26. The Morgan fingerprint density at radius 2 is 2.00 bits per heavy atom. The van der Waals surface area contributed by atoms with Crippen LogP contribution in [0.2, 0.25) is 0 Å². The van der Waals surface area contributed by atoms with E-state index in [4.69, 9.17) is 10.5 Å². The average Bonchev–Trinajstić information content (AvgIpc) is 2.32. The Hall–Kier alpha value is -0.970. The molecule has 0 heterocycles. The van der Waals surface area contributed by atoms with Crippen LogP contribution < -0.4 is 5.73 Å². The maximum absolute atomic E-state index is 13.6. The van der Waals surface area contributed by atoms with Crippen molar-refractivity contribution in [3.63, 3.8) is 0 Å². The van der Waals surface area contributed by atoms with Gasteiger partial charge in [0.1, 0.15) is 5.82 Å². The third-order valence-electron chi connectivity index (χ3n) is 3.10. The second-order valence-electron chi connectivity index (χ2n) is 4.99. The van der Waals surface area contributed by atoms with Crippen molar-refractivity contribution in [2.75, 3.05) is 6.54 Å². The molecule has 0 radical (unpaired) electrons. The van der Waals surface area contributed by atoms with Gasteiger partial charge in [0.15, 0.2) is 0 Å². The Morgan fingerprint density at radius 3 is 2.50 bits per heavy atom. The molecule has 0 spiro atoms. The maximum atomic E-state index is 13.6. The lowest BCUT2D eigenvalue weighted by Crippen LogP contribution is -2.44. The molecule has 4 heteroatoms. The zero-order valence-corrected chi connectivity index (χ0v) is 11.2. The molecule has 0 aromatic heterocycles. The molecule has 0 saturated heterocycles. The fourth-order valence-corrected chi connectivity index (χ4v) is 1.75. The van der Waals surface area contributed by atoms with Crippen molar-refractivity contribution in [3.8, 4) is 0 Å². The van der Waals surface area contributed by atoms with Gasteiger partial charge in [-0.2, -0.15) is 0 Å². The third kappa shape index (κ3) is 4.05. The van der Waals surface area contributed by atoms with E-state index in [0.29, 0.717) is 12.0 Å². The highest BCUT2D eigenvalue weighted by Gasteiger charge is 2.28. The Bertz CT molecular complexity index is 384. The van der Waals surface area contributed by atoms with Gasteiger partial charge in [0.05, 0.1) is 17.8 Å². The van der Waals surface area contributed by atoms with Crippen LogP contribution >= 0.6 is 0 Å². The fraction of sp³-hybridized carbons (Fsp3) is 0.571. The minimum absolute atomic E-state index is 0.259. The monoisotopic (exact) mass is 255 g/mol. The lowest BCUT2D eigenvalue weighted by molar-refractivity contribution is -0.110. The molecule has 0 bridgehead atoms. The molecule has 1 aromatic carbocycles. The number of rotatable bonds is 6. The summed E-state index contributed by atoms with van der Waals surface area (Å²) in [5.41, 5.74) is 5.61. The number of benzene rings is 1. The molecule has 3 atom stereocenters. The predicted molar refractivity (Wildman–Crippen MR) is 69.8 cm³/mol. The van der Waals surface area contributed by atoms with Crippen LogP contribution in [0.4, 0.5) is 4.39 Å². The molecule has 0 amide bonds. The van der Waals surface area contributed by atoms with Crippen LogP contribution in [0.15, 0.2) is 24.3 Å². The van der Waals surface area contributed by atoms with Crippen molar-refractivity contribution in [1.29, 1.82) is 0 Å². The first kappa shape index (κ1) is 15.1. The van der Waals surface area contributed by atoms with Crippen molar-refractivity contribution >= 4 is 0 Å². The quantitative estimate of drug-likeness (QED) is 0.816. The second-order valence-corrected chi connectivity index (χ2v) is 4.99. The van der Waals surface area contributed by atoms with Crippen molar-refractivity contribution in [2.45, 2.75) is 45.0 Å². The fourth-order valence-electron chi connectivity index (χ4n) is 1.75. The first-order valence-corrected chi connectivity index (χ1v) is 6.17. The molecule has 102 valence electrons. The van der Waals surface area contributed by atoms with Crippen LogP contribution in [0.1, 0.15) is 26.3 Å². The van der Waals surface area contributed by atoms with Gasteiger partial charge in [0, 0.05) is 13.0 Å². The summed E-state index contributed by atoms with van der Waals surface area (Å²) in [6.45, 7) is 5.53. The van der Waals surface area contributed by atoms with Crippen LogP contribution in [-0.4, -0.2) is 29.5 Å². The smallest absolute Gasteiger partial charge is 0.126 e. The van der Waals surface area contributed by atoms with E-state index in [-0.39, 0.29) is 18.5 Å². The maximum Gasteiger partial charge on any atom is 0.126 e. The van der Waals surface area contributed by atoms with Gasteiger partial charge in [0.2, 0.25) is 0 Å². The van der Waals surface area contributed by atoms with Crippen molar-refractivity contribution in [3.05, 3.63) is 35.6 Å². The summed E-state index contributed by atoms with van der Waals surface area (Å²) in [5, 5.41) is 9.46. The number of halogens is 1. The van der Waals surface area contributed by atoms with Crippen molar-refractivity contribution in [2.24, 2.45) is 5.73 Å². The van der Waals surface area contributed by atoms with Gasteiger partial charge in [-0.3, -0.25) is 0 Å². The predicted octanol–water partition coefficient (Wildman–Crippen LogP) is 1.87. The highest BCUT2D eigenvalue weighted by Crippen LogP contribution is 2.21. The molecule has 0 saturated carbocycles. The summed E-state index contributed by atoms with van der Waals surface area (Å²) < 4.78 is 19.4. The van der Waals surface area contributed by atoms with Gasteiger partial charge >= 0.3 is 0 Å². The van der Waals surface area contributed by atoms with Crippen LogP contribution in [0.5, 0.6) is 0 Å². The highest BCUT2D eigenvalue weighted by molar-refractivity contribution is 5.19. The van der Waals surface area contributed by atoms with E-state index in [0.717, 1.165) is 0 Å². The molecule has 1 rings (SSSR count). The Balaban J connectivity index is 2.80. The summed E-state index contributed by atoms with van der Waals surface area (Å²) in [7, 11) is 0. The van der Waals surface area contributed by atoms with Gasteiger partial charge in [0.25, 0.3) is 0 Å². The molecule has 3 unspecified atom stereocenters. The topological polar surface area (TPSA) is 55.5 Å². The minimum atomic E-state index is -0.682. The normalized spacial score (nSPS) is 18.1. The molecular weight excluding hydrogens is 233 g/mol. The average molecular weight is 255 g/mol. The molecule has 0 fully saturated rings. The first-order valence-electron chi connectivity index (χ1n) is 6.17. The van der Waals surface area contributed by atoms with Gasteiger partial charge in [-0.15, -0.1) is 0 Å². The lowest BCUT2D eigenvalue weighted by atomic mass is 9.95. The van der Waals surface area contributed by atoms with Gasteiger partial charge in [-0.25, -0.2) is 4.39 Å². The van der Waals surface area contributed by atoms with Crippen LogP contribution in [0.3, 0.4) is 0 Å². The van der Waals surface area contributed by atoms with Gasteiger partial charge in [-0.05, 0) is 32.4 Å². The molecule has 0 aliphatic rings. The van der Waals surface area contributed by atoms with Crippen LogP contribution in [0.25, 0.3) is 0 Å². The van der Waals surface area contributed by atoms with E-state index in [1.54, 1.807) is 32.0 Å². The van der Waals surface area contributed by atoms with Gasteiger partial charge < -0.3 is 15.6 Å². The van der Waals surface area contributed by atoms with E-state index in [1.165, 1.54) is 6.07 Å². The van der Waals surface area contributed by atoms with E-state index in [9.17, 15) is 9.50 Å². The third-order valence-corrected chi connectivity index (χ3v) is 3.10. The molecule has 1 aromatic rings. The molecule has 0 aliphatic carbocycles. The summed E-state index contributed by atoms with van der Waals surface area (Å²) in [6.07, 6.45) is -0.547. The zero-order valence-electron chi connectivity index (χ0n) is 11.2. The van der Waals surface area contributed by atoms with E-state index in [1.807, 2.05) is 6.92 Å².